The molecule has 0 fully saturated rings. The first kappa shape index (κ1) is 7.63. The van der Waals surface area contributed by atoms with E-state index in [1.165, 1.54) is 0 Å². The molecular weight excluding hydrogens is 102 g/mol. The number of rotatable bonds is 3. The molecule has 0 radical (unpaired) electrons. The first-order chi connectivity index (χ1) is 3.81. The Morgan fingerprint density at radius 2 is 2.38 bits per heavy atom. The summed E-state index contributed by atoms with van der Waals surface area (Å²) in [6, 6.07) is 0. The second-order valence-electron chi connectivity index (χ2n) is 1.91. The van der Waals surface area contributed by atoms with Gasteiger partial charge in [-0.1, -0.05) is 6.92 Å². The second kappa shape index (κ2) is 4.78. The fourth-order valence-corrected chi connectivity index (χ4v) is 0.343. The van der Waals surface area contributed by atoms with Crippen LogP contribution in [0, 0.1) is 5.92 Å². The lowest BCUT2D eigenvalue weighted by molar-refractivity contribution is 0.242. The van der Waals surface area contributed by atoms with Crippen LogP contribution in [0.4, 0.5) is 0 Å². The lowest BCUT2D eigenvalue weighted by atomic mass is 10.2. The van der Waals surface area contributed by atoms with Gasteiger partial charge in [0.25, 0.3) is 0 Å². The van der Waals surface area contributed by atoms with E-state index in [2.05, 4.69) is 4.99 Å². The summed E-state index contributed by atoms with van der Waals surface area (Å²) in [5.74, 6) is 0.311. The molecule has 0 rings (SSSR count). The molecule has 0 aliphatic carbocycles. The smallest absolute Gasteiger partial charge is 0.0474 e. The average molecular weight is 115 g/mol. The Balaban J connectivity index is 3.10. The molecule has 0 aromatic rings. The Bertz CT molecular complexity index is 70.9. The minimum atomic E-state index is 0.233. The van der Waals surface area contributed by atoms with E-state index in [0.717, 1.165) is 6.54 Å². The maximum atomic E-state index is 8.49. The van der Waals surface area contributed by atoms with E-state index >= 15 is 0 Å². The fourth-order valence-electron chi connectivity index (χ4n) is 0.343. The van der Waals surface area contributed by atoms with Crippen LogP contribution in [0.3, 0.4) is 0 Å². The number of hydrogen-bond acceptors (Lipinski definition) is 2. The number of aliphatic hydroxyl groups excluding tert-OH is 1. The first-order valence-corrected chi connectivity index (χ1v) is 2.86. The maximum absolute atomic E-state index is 8.49. The lowest BCUT2D eigenvalue weighted by Gasteiger charge is -1.99. The highest BCUT2D eigenvalue weighted by atomic mass is 16.3. The van der Waals surface area contributed by atoms with Crippen LogP contribution in [0.1, 0.15) is 13.8 Å². The minimum Gasteiger partial charge on any atom is -0.396 e. The molecule has 0 aliphatic rings. The Kier molecular flexibility index (Phi) is 4.56. The highest BCUT2D eigenvalue weighted by molar-refractivity contribution is 5.53. The molecule has 1 atom stereocenters. The van der Waals surface area contributed by atoms with Gasteiger partial charge < -0.3 is 5.11 Å². The van der Waals surface area contributed by atoms with Crippen molar-refractivity contribution >= 4 is 6.21 Å². The van der Waals surface area contributed by atoms with Gasteiger partial charge in [0.15, 0.2) is 0 Å². The van der Waals surface area contributed by atoms with Gasteiger partial charge in [-0.05, 0) is 19.1 Å². The van der Waals surface area contributed by atoms with Crippen molar-refractivity contribution in [1.29, 1.82) is 0 Å². The number of nitrogens with zero attached hydrogens (tertiary/aromatic N) is 1. The molecule has 0 aromatic carbocycles. The predicted octanol–water partition coefficient (Wildman–Crippen LogP) is 0.706. The summed E-state index contributed by atoms with van der Waals surface area (Å²) in [6.45, 7) is 4.82. The van der Waals surface area contributed by atoms with E-state index < -0.39 is 0 Å². The highest BCUT2D eigenvalue weighted by Gasteiger charge is 1.93. The molecule has 0 bridgehead atoms. The van der Waals surface area contributed by atoms with Gasteiger partial charge in [0, 0.05) is 13.2 Å². The Hall–Kier alpha value is -0.370. The van der Waals surface area contributed by atoms with Crippen LogP contribution in [0.2, 0.25) is 0 Å². The quantitative estimate of drug-likeness (QED) is 0.540. The standard InChI is InChI=1S/C6H13NO/c1-3-7-4-6(2)5-8/h3,6,8H,4-5H2,1-2H3. The molecule has 0 saturated carbocycles. The first-order valence-electron chi connectivity index (χ1n) is 2.86. The summed E-state index contributed by atoms with van der Waals surface area (Å²) < 4.78 is 0. The maximum Gasteiger partial charge on any atom is 0.0474 e. The predicted molar refractivity (Wildman–Crippen MR) is 35.3 cm³/mol. The largest absolute Gasteiger partial charge is 0.396 e. The van der Waals surface area contributed by atoms with Crippen LogP contribution in [-0.2, 0) is 0 Å². The zero-order valence-corrected chi connectivity index (χ0v) is 5.46. The van der Waals surface area contributed by atoms with Crippen molar-refractivity contribution in [2.45, 2.75) is 13.8 Å². The average Bonchev–Trinajstić information content (AvgIpc) is 1.83. The Morgan fingerprint density at radius 1 is 1.75 bits per heavy atom. The van der Waals surface area contributed by atoms with Gasteiger partial charge in [0.2, 0.25) is 0 Å². The zero-order valence-electron chi connectivity index (χ0n) is 5.46. The number of aliphatic hydroxyl groups is 1. The molecule has 0 heterocycles. The van der Waals surface area contributed by atoms with Crippen LogP contribution in [0.5, 0.6) is 0 Å². The highest BCUT2D eigenvalue weighted by Crippen LogP contribution is 1.90. The fraction of sp³-hybridized carbons (Fsp3) is 0.833. The van der Waals surface area contributed by atoms with E-state index in [0.29, 0.717) is 5.92 Å². The molecule has 0 aromatic heterocycles. The van der Waals surface area contributed by atoms with Crippen molar-refractivity contribution < 1.29 is 5.11 Å². The lowest BCUT2D eigenvalue weighted by Crippen LogP contribution is -2.03. The van der Waals surface area contributed by atoms with Crippen LogP contribution in [0.25, 0.3) is 0 Å². The molecule has 0 saturated heterocycles. The third kappa shape index (κ3) is 3.81. The van der Waals surface area contributed by atoms with Crippen molar-refractivity contribution in [3.8, 4) is 0 Å². The summed E-state index contributed by atoms with van der Waals surface area (Å²) >= 11 is 0. The molecular formula is C6H13NO. The third-order valence-corrected chi connectivity index (χ3v) is 0.911. The Labute approximate surface area is 50.3 Å². The Morgan fingerprint density at radius 3 is 2.75 bits per heavy atom. The SMILES string of the molecule is CC=NCC(C)CO. The van der Waals surface area contributed by atoms with Crippen LogP contribution < -0.4 is 0 Å². The summed E-state index contributed by atoms with van der Waals surface area (Å²) in [6.07, 6.45) is 1.76. The second-order valence-corrected chi connectivity index (χ2v) is 1.91. The summed E-state index contributed by atoms with van der Waals surface area (Å²) in [5, 5.41) is 8.49. The van der Waals surface area contributed by atoms with Crippen molar-refractivity contribution in [1.82, 2.24) is 0 Å². The van der Waals surface area contributed by atoms with E-state index in [9.17, 15) is 0 Å². The monoisotopic (exact) mass is 115 g/mol. The van der Waals surface area contributed by atoms with Crippen LogP contribution >= 0.6 is 0 Å². The number of aliphatic imine (C=N–C) groups is 1. The van der Waals surface area contributed by atoms with E-state index in [1.807, 2.05) is 13.8 Å². The van der Waals surface area contributed by atoms with E-state index in [1.54, 1.807) is 6.21 Å². The normalized spacial score (nSPS) is 14.9. The van der Waals surface area contributed by atoms with Gasteiger partial charge in [-0.25, -0.2) is 0 Å². The van der Waals surface area contributed by atoms with E-state index in [4.69, 9.17) is 5.11 Å². The van der Waals surface area contributed by atoms with Gasteiger partial charge in [-0.15, -0.1) is 0 Å². The molecule has 48 valence electrons. The third-order valence-electron chi connectivity index (χ3n) is 0.911. The topological polar surface area (TPSA) is 32.6 Å². The summed E-state index contributed by atoms with van der Waals surface area (Å²) in [7, 11) is 0. The van der Waals surface area contributed by atoms with Gasteiger partial charge in [0.05, 0.1) is 0 Å². The zero-order chi connectivity index (χ0) is 6.41. The summed E-state index contributed by atoms with van der Waals surface area (Å²) in [5.41, 5.74) is 0. The van der Waals surface area contributed by atoms with Gasteiger partial charge in [-0.3, -0.25) is 4.99 Å². The summed E-state index contributed by atoms with van der Waals surface area (Å²) in [4.78, 5) is 3.96. The molecule has 8 heavy (non-hydrogen) atoms. The minimum absolute atomic E-state index is 0.233. The van der Waals surface area contributed by atoms with E-state index in [-0.39, 0.29) is 6.61 Å². The van der Waals surface area contributed by atoms with Crippen molar-refractivity contribution in [3.63, 3.8) is 0 Å². The molecule has 0 amide bonds. The molecule has 2 nitrogen and oxygen atoms in total. The molecule has 0 spiro atoms. The van der Waals surface area contributed by atoms with Crippen LogP contribution in [-0.4, -0.2) is 24.5 Å². The van der Waals surface area contributed by atoms with Crippen LogP contribution in [0.15, 0.2) is 4.99 Å². The van der Waals surface area contributed by atoms with Gasteiger partial charge >= 0.3 is 0 Å². The molecule has 1 N–H and O–H groups in total. The van der Waals surface area contributed by atoms with Crippen molar-refractivity contribution in [3.05, 3.63) is 0 Å². The van der Waals surface area contributed by atoms with Crippen molar-refractivity contribution in [2.24, 2.45) is 10.9 Å². The molecule has 2 heteroatoms. The number of hydrogen-bond donors (Lipinski definition) is 1. The van der Waals surface area contributed by atoms with Crippen molar-refractivity contribution in [2.75, 3.05) is 13.2 Å². The molecule has 0 aliphatic heterocycles. The van der Waals surface area contributed by atoms with Gasteiger partial charge in [0.1, 0.15) is 0 Å². The molecule has 1 unspecified atom stereocenters. The van der Waals surface area contributed by atoms with Gasteiger partial charge in [-0.2, -0.15) is 0 Å².